The predicted molar refractivity (Wildman–Crippen MR) is 152 cm³/mol. The highest BCUT2D eigenvalue weighted by molar-refractivity contribution is 5.72. The van der Waals surface area contributed by atoms with E-state index in [2.05, 4.69) is 38.1 Å². The first-order valence-electron chi connectivity index (χ1n) is 14.8. The number of esters is 1. The van der Waals surface area contributed by atoms with E-state index in [0.717, 1.165) is 48.3 Å². The fourth-order valence-corrected chi connectivity index (χ4v) is 5.23. The fourth-order valence-electron chi connectivity index (χ4n) is 5.23. The molecule has 1 aliphatic carbocycles. The first-order chi connectivity index (χ1) is 18.1. The summed E-state index contributed by atoms with van der Waals surface area (Å²) in [5.41, 5.74) is 2.32. The smallest absolute Gasteiger partial charge is 0.308 e. The lowest BCUT2D eigenvalue weighted by Gasteiger charge is -2.35. The second kappa shape index (κ2) is 15.8. The number of ether oxygens (including phenoxy) is 2. The Morgan fingerprint density at radius 1 is 0.757 bits per heavy atom. The van der Waals surface area contributed by atoms with Crippen molar-refractivity contribution < 1.29 is 19.4 Å². The molecule has 1 fully saturated rings. The van der Waals surface area contributed by atoms with Crippen LogP contribution in [0.3, 0.4) is 0 Å². The molecule has 0 aliphatic heterocycles. The summed E-state index contributed by atoms with van der Waals surface area (Å²) in [6.45, 7) is 5.71. The highest BCUT2D eigenvalue weighted by Crippen LogP contribution is 2.40. The van der Waals surface area contributed by atoms with Gasteiger partial charge in [-0.1, -0.05) is 102 Å². The van der Waals surface area contributed by atoms with Crippen molar-refractivity contribution in [2.24, 2.45) is 5.92 Å². The number of hydrogen-bond donors (Lipinski definition) is 1. The van der Waals surface area contributed by atoms with Gasteiger partial charge in [-0.05, 0) is 67.3 Å². The van der Waals surface area contributed by atoms with Crippen LogP contribution in [-0.4, -0.2) is 24.3 Å². The summed E-state index contributed by atoms with van der Waals surface area (Å²) in [6, 6.07) is 16.5. The molecule has 1 saturated carbocycles. The number of unbranched alkanes of at least 4 members (excludes halogenated alkanes) is 8. The summed E-state index contributed by atoms with van der Waals surface area (Å²) >= 11 is 0. The Labute approximate surface area is 224 Å². The predicted octanol–water partition coefficient (Wildman–Crippen LogP) is 8.59. The largest absolute Gasteiger partial charge is 0.494 e. The lowest BCUT2D eigenvalue weighted by Crippen LogP contribution is -2.34. The molecule has 0 unspecified atom stereocenters. The topological polar surface area (TPSA) is 55.8 Å². The second-order valence-corrected chi connectivity index (χ2v) is 10.8. The number of carbonyl (C=O) groups is 1. The van der Waals surface area contributed by atoms with E-state index in [1.807, 2.05) is 24.3 Å². The minimum Gasteiger partial charge on any atom is -0.494 e. The molecular weight excluding hydrogens is 460 g/mol. The molecule has 0 amide bonds. The Hall–Kier alpha value is -2.33. The van der Waals surface area contributed by atoms with Crippen molar-refractivity contribution >= 4 is 5.97 Å². The average molecular weight is 509 g/mol. The van der Waals surface area contributed by atoms with Crippen LogP contribution in [-0.2, 0) is 15.1 Å². The summed E-state index contributed by atoms with van der Waals surface area (Å²) in [5.74, 6) is 0.736. The van der Waals surface area contributed by atoms with E-state index in [9.17, 15) is 9.90 Å². The van der Waals surface area contributed by atoms with E-state index >= 15 is 0 Å². The van der Waals surface area contributed by atoms with E-state index in [1.165, 1.54) is 44.9 Å². The Kier molecular flexibility index (Phi) is 12.5. The molecule has 4 nitrogen and oxygen atoms in total. The van der Waals surface area contributed by atoms with Gasteiger partial charge in [-0.15, -0.1) is 0 Å². The van der Waals surface area contributed by atoms with Gasteiger partial charge in [0.2, 0.25) is 0 Å². The van der Waals surface area contributed by atoms with Gasteiger partial charge in [0, 0.05) is 0 Å². The number of aliphatic hydroxyl groups is 1. The molecule has 1 N–H and O–H groups in total. The van der Waals surface area contributed by atoms with Gasteiger partial charge in [0.25, 0.3) is 0 Å². The van der Waals surface area contributed by atoms with Crippen LogP contribution < -0.4 is 4.74 Å². The highest BCUT2D eigenvalue weighted by Gasteiger charge is 2.37. The minimum atomic E-state index is -0.870. The standard InChI is InChI=1S/C33H48O4/c1-3-5-7-9-10-12-25-36-31-19-15-28(16-20-31)27-13-17-30(18-14-27)33(35)23-21-29(22-24-33)32(34)37-26-11-8-6-4-2/h13-20,29,35H,3-12,21-26H2,1-2H3. The lowest BCUT2D eigenvalue weighted by molar-refractivity contribution is -0.152. The van der Waals surface area contributed by atoms with Gasteiger partial charge in [0.15, 0.2) is 0 Å². The summed E-state index contributed by atoms with van der Waals surface area (Å²) in [5, 5.41) is 11.3. The number of benzene rings is 2. The molecule has 2 aromatic rings. The maximum Gasteiger partial charge on any atom is 0.308 e. The minimum absolute atomic E-state index is 0.0895. The zero-order chi connectivity index (χ0) is 26.3. The number of hydrogen-bond acceptors (Lipinski definition) is 4. The SMILES string of the molecule is CCCCCCCCOc1ccc(-c2ccc(C3(O)CCC(C(=O)OCCCCCC)CC3)cc2)cc1. The zero-order valence-electron chi connectivity index (χ0n) is 23.2. The van der Waals surface area contributed by atoms with E-state index in [0.29, 0.717) is 32.3 Å². The van der Waals surface area contributed by atoms with Crippen LogP contribution in [0.15, 0.2) is 48.5 Å². The normalized spacial score (nSPS) is 19.5. The third-order valence-electron chi connectivity index (χ3n) is 7.76. The second-order valence-electron chi connectivity index (χ2n) is 10.8. The van der Waals surface area contributed by atoms with Crippen LogP contribution in [0.2, 0.25) is 0 Å². The molecule has 4 heteroatoms. The molecule has 1 aliphatic rings. The molecule has 0 bridgehead atoms. The molecule has 2 aromatic carbocycles. The molecule has 0 radical (unpaired) electrons. The number of carbonyl (C=O) groups excluding carboxylic acids is 1. The monoisotopic (exact) mass is 508 g/mol. The molecule has 0 atom stereocenters. The summed E-state index contributed by atoms with van der Waals surface area (Å²) in [7, 11) is 0. The van der Waals surface area contributed by atoms with Crippen molar-refractivity contribution in [2.75, 3.05) is 13.2 Å². The Morgan fingerprint density at radius 3 is 1.89 bits per heavy atom. The molecule has 204 valence electrons. The summed E-state index contributed by atoms with van der Waals surface area (Å²) < 4.78 is 11.4. The summed E-state index contributed by atoms with van der Waals surface area (Å²) in [4.78, 5) is 12.4. The van der Waals surface area contributed by atoms with Crippen molar-refractivity contribution in [3.05, 3.63) is 54.1 Å². The van der Waals surface area contributed by atoms with Crippen molar-refractivity contribution in [3.63, 3.8) is 0 Å². The molecule has 0 aromatic heterocycles. The highest BCUT2D eigenvalue weighted by atomic mass is 16.5. The van der Waals surface area contributed by atoms with Crippen LogP contribution in [0.1, 0.15) is 109 Å². The van der Waals surface area contributed by atoms with Crippen molar-refractivity contribution in [1.82, 2.24) is 0 Å². The molecule has 0 saturated heterocycles. The molecule has 37 heavy (non-hydrogen) atoms. The maximum atomic E-state index is 12.4. The molecule has 0 spiro atoms. The van der Waals surface area contributed by atoms with Gasteiger partial charge < -0.3 is 14.6 Å². The third-order valence-corrected chi connectivity index (χ3v) is 7.76. The van der Waals surface area contributed by atoms with E-state index in [1.54, 1.807) is 0 Å². The van der Waals surface area contributed by atoms with Crippen molar-refractivity contribution in [1.29, 1.82) is 0 Å². The molecular formula is C33H48O4. The van der Waals surface area contributed by atoms with Crippen LogP contribution in [0.25, 0.3) is 11.1 Å². The van der Waals surface area contributed by atoms with Crippen molar-refractivity contribution in [3.8, 4) is 16.9 Å². The van der Waals surface area contributed by atoms with E-state index < -0.39 is 5.60 Å². The molecule has 0 heterocycles. The number of rotatable bonds is 16. The van der Waals surface area contributed by atoms with Crippen LogP contribution in [0.5, 0.6) is 5.75 Å². The summed E-state index contributed by atoms with van der Waals surface area (Å²) in [6.07, 6.45) is 14.5. The van der Waals surface area contributed by atoms with E-state index in [-0.39, 0.29) is 11.9 Å². The van der Waals surface area contributed by atoms with Crippen LogP contribution in [0.4, 0.5) is 0 Å². The first-order valence-corrected chi connectivity index (χ1v) is 14.8. The van der Waals surface area contributed by atoms with Gasteiger partial charge in [-0.2, -0.15) is 0 Å². The lowest BCUT2D eigenvalue weighted by atomic mass is 9.75. The fraction of sp³-hybridized carbons (Fsp3) is 0.606. The first kappa shape index (κ1) is 29.2. The van der Waals surface area contributed by atoms with Crippen LogP contribution >= 0.6 is 0 Å². The molecule has 3 rings (SSSR count). The maximum absolute atomic E-state index is 12.4. The van der Waals surface area contributed by atoms with Crippen LogP contribution in [0, 0.1) is 5.92 Å². The van der Waals surface area contributed by atoms with Gasteiger partial charge >= 0.3 is 5.97 Å². The average Bonchev–Trinajstić information content (AvgIpc) is 2.93. The Morgan fingerprint density at radius 2 is 1.27 bits per heavy atom. The Bertz CT molecular complexity index is 895. The van der Waals surface area contributed by atoms with Gasteiger partial charge in [0.1, 0.15) is 5.75 Å². The van der Waals surface area contributed by atoms with Gasteiger partial charge in [-0.3, -0.25) is 4.79 Å². The third kappa shape index (κ3) is 9.48. The quantitative estimate of drug-likeness (QED) is 0.182. The van der Waals surface area contributed by atoms with Gasteiger partial charge in [0.05, 0.1) is 24.7 Å². The zero-order valence-corrected chi connectivity index (χ0v) is 23.2. The van der Waals surface area contributed by atoms with Gasteiger partial charge in [-0.25, -0.2) is 0 Å². The Balaban J connectivity index is 1.43. The van der Waals surface area contributed by atoms with E-state index in [4.69, 9.17) is 9.47 Å². The van der Waals surface area contributed by atoms with Crippen molar-refractivity contribution in [2.45, 2.75) is 109 Å².